The van der Waals surface area contributed by atoms with Gasteiger partial charge in [-0.05, 0) is 43.5 Å². The van der Waals surface area contributed by atoms with E-state index < -0.39 is 0 Å². The van der Waals surface area contributed by atoms with Crippen LogP contribution in [0, 0.1) is 0 Å². The van der Waals surface area contributed by atoms with Crippen molar-refractivity contribution in [1.29, 1.82) is 0 Å². The van der Waals surface area contributed by atoms with Crippen LogP contribution in [0.1, 0.15) is 32.0 Å². The number of nitrogens with two attached hydrogens (primary N) is 1. The van der Waals surface area contributed by atoms with Gasteiger partial charge in [0.2, 0.25) is 0 Å². The Morgan fingerprint density at radius 1 is 1.12 bits per heavy atom. The number of hydroxylamine groups is 1. The van der Waals surface area contributed by atoms with E-state index in [1.807, 2.05) is 42.5 Å². The highest BCUT2D eigenvalue weighted by atomic mass is 16.7. The van der Waals surface area contributed by atoms with Crippen LogP contribution in [0.25, 0.3) is 22.1 Å². The van der Waals surface area contributed by atoms with Crippen LogP contribution in [-0.4, -0.2) is 39.2 Å². The monoisotopic (exact) mass is 447 g/mol. The number of carbonyl (C=O) groups is 1. The van der Waals surface area contributed by atoms with Crippen molar-refractivity contribution in [3.63, 3.8) is 0 Å². The summed E-state index contributed by atoms with van der Waals surface area (Å²) >= 11 is 0. The number of pyridine rings is 2. The molecule has 0 aliphatic rings. The minimum absolute atomic E-state index is 0.294. The van der Waals surface area contributed by atoms with Gasteiger partial charge in [0, 0.05) is 25.7 Å². The minimum Gasteiger partial charge on any atom is -0.382 e. The maximum atomic E-state index is 12.5. The number of hydrogen-bond donors (Lipinski definition) is 2. The molecule has 172 valence electrons. The number of nitrogens with one attached hydrogen (secondary N) is 1. The summed E-state index contributed by atoms with van der Waals surface area (Å²) in [7, 11) is 1.48. The molecule has 0 saturated heterocycles. The third-order valence-electron chi connectivity index (χ3n) is 5.46. The predicted octanol–water partition coefficient (Wildman–Crippen LogP) is 4.07. The summed E-state index contributed by atoms with van der Waals surface area (Å²) < 4.78 is 2.21. The van der Waals surface area contributed by atoms with Crippen LogP contribution in [0.4, 0.5) is 16.3 Å². The Hall–Kier alpha value is -3.72. The maximum absolute atomic E-state index is 12.5. The smallest absolute Gasteiger partial charge is 0.346 e. The van der Waals surface area contributed by atoms with Gasteiger partial charge in [0.25, 0.3) is 0 Å². The molecule has 0 saturated carbocycles. The van der Waals surface area contributed by atoms with Gasteiger partial charge in [0.1, 0.15) is 22.4 Å². The average molecular weight is 448 g/mol. The summed E-state index contributed by atoms with van der Waals surface area (Å²) in [4.78, 5) is 31.6. The number of amides is 2. The van der Waals surface area contributed by atoms with Crippen LogP contribution in [0.5, 0.6) is 0 Å². The highest BCUT2D eigenvalue weighted by Gasteiger charge is 2.18. The topological polar surface area (TPSA) is 111 Å². The number of rotatable bonds is 9. The highest BCUT2D eigenvalue weighted by Crippen LogP contribution is 2.28. The van der Waals surface area contributed by atoms with Gasteiger partial charge in [-0.2, -0.15) is 5.06 Å². The Kier molecular flexibility index (Phi) is 6.99. The molecule has 0 radical (unpaired) electrons. The Morgan fingerprint density at radius 2 is 1.94 bits per heavy atom. The van der Waals surface area contributed by atoms with E-state index in [4.69, 9.17) is 15.6 Å². The lowest BCUT2D eigenvalue weighted by molar-refractivity contribution is 0.163. The normalized spacial score (nSPS) is 11.2. The van der Waals surface area contributed by atoms with E-state index in [2.05, 4.69) is 26.8 Å². The van der Waals surface area contributed by atoms with Crippen molar-refractivity contribution in [2.24, 2.45) is 0 Å². The van der Waals surface area contributed by atoms with Gasteiger partial charge in [0.15, 0.2) is 5.82 Å². The van der Waals surface area contributed by atoms with Gasteiger partial charge >= 0.3 is 6.03 Å². The van der Waals surface area contributed by atoms with Crippen LogP contribution in [0.2, 0.25) is 0 Å². The summed E-state index contributed by atoms with van der Waals surface area (Å²) in [6, 6.07) is 12.7. The number of nitrogen functional groups attached to an aromatic ring is 1. The summed E-state index contributed by atoms with van der Waals surface area (Å²) in [5.41, 5.74) is 10.1. The maximum Gasteiger partial charge on any atom is 0.346 e. The number of nitrogens with zero attached hydrogens (tertiary/aromatic N) is 5. The molecule has 0 atom stereocenters. The van der Waals surface area contributed by atoms with Crippen LogP contribution in [0.3, 0.4) is 0 Å². The summed E-state index contributed by atoms with van der Waals surface area (Å²) in [5.74, 6) is 1.41. The molecule has 1 aromatic carbocycles. The molecule has 0 aliphatic heterocycles. The summed E-state index contributed by atoms with van der Waals surface area (Å²) in [6.45, 7) is 3.42. The molecule has 9 nitrogen and oxygen atoms in total. The Morgan fingerprint density at radius 3 is 2.70 bits per heavy atom. The second kappa shape index (κ2) is 10.3. The molecule has 3 aromatic heterocycles. The summed E-state index contributed by atoms with van der Waals surface area (Å²) in [6.07, 6.45) is 5.25. The fourth-order valence-corrected chi connectivity index (χ4v) is 3.96. The predicted molar refractivity (Wildman–Crippen MR) is 130 cm³/mol. The SMILES string of the molecule is CCCc1nc2c(N)nc3cccnc3c2n1CCCCNC(=O)N(OC)c1ccccc1. The number of para-hydroxylation sites is 1. The lowest BCUT2D eigenvalue weighted by Crippen LogP contribution is -2.39. The Balaban J connectivity index is 1.45. The molecule has 4 rings (SSSR count). The molecule has 3 N–H and O–H groups in total. The first-order valence-corrected chi connectivity index (χ1v) is 11.2. The first-order valence-electron chi connectivity index (χ1n) is 11.2. The van der Waals surface area contributed by atoms with E-state index >= 15 is 0 Å². The second-order valence-corrected chi connectivity index (χ2v) is 7.75. The Labute approximate surface area is 192 Å². The van der Waals surface area contributed by atoms with Crippen molar-refractivity contribution in [3.8, 4) is 0 Å². The minimum atomic E-state index is -0.294. The second-order valence-electron chi connectivity index (χ2n) is 7.75. The van der Waals surface area contributed by atoms with Crippen LogP contribution >= 0.6 is 0 Å². The summed E-state index contributed by atoms with van der Waals surface area (Å²) in [5, 5.41) is 4.17. The number of unbranched alkanes of at least 4 members (excludes halogenated alkanes) is 1. The largest absolute Gasteiger partial charge is 0.382 e. The van der Waals surface area contributed by atoms with E-state index in [0.717, 1.165) is 54.6 Å². The first-order chi connectivity index (χ1) is 16.1. The van der Waals surface area contributed by atoms with Crippen LogP contribution in [-0.2, 0) is 17.8 Å². The molecule has 9 heteroatoms. The number of anilines is 2. The third kappa shape index (κ3) is 4.73. The van der Waals surface area contributed by atoms with E-state index in [-0.39, 0.29) is 6.03 Å². The quantitative estimate of drug-likeness (QED) is 0.295. The third-order valence-corrected chi connectivity index (χ3v) is 5.46. The standard InChI is InChI=1S/C24H29N7O2/c1-3-10-19-29-21-22(20-18(28-23(21)25)13-9-15-26-20)30(19)16-8-7-14-27-24(32)31(33-2)17-11-5-4-6-12-17/h4-6,9,11-13,15H,3,7-8,10,14,16H2,1-2H3,(H2,25,28)(H,27,32). The van der Waals surface area contributed by atoms with Gasteiger partial charge in [-0.1, -0.05) is 25.1 Å². The van der Waals surface area contributed by atoms with E-state index in [1.54, 1.807) is 6.20 Å². The molecule has 0 spiro atoms. The molecule has 3 heterocycles. The van der Waals surface area contributed by atoms with Crippen molar-refractivity contribution in [1.82, 2.24) is 24.8 Å². The van der Waals surface area contributed by atoms with Crippen molar-refractivity contribution in [2.45, 2.75) is 39.2 Å². The van der Waals surface area contributed by atoms with Crippen molar-refractivity contribution in [2.75, 3.05) is 24.5 Å². The number of carbonyl (C=O) groups excluding carboxylic acids is 1. The molecule has 33 heavy (non-hydrogen) atoms. The number of benzene rings is 1. The van der Waals surface area contributed by atoms with Crippen molar-refractivity contribution in [3.05, 3.63) is 54.5 Å². The zero-order valence-corrected chi connectivity index (χ0v) is 19.0. The Bertz CT molecular complexity index is 1240. The lowest BCUT2D eigenvalue weighted by atomic mass is 10.2. The number of aromatic nitrogens is 4. The molecule has 2 amide bonds. The number of fused-ring (bicyclic) bond motifs is 3. The van der Waals surface area contributed by atoms with Crippen LogP contribution in [0.15, 0.2) is 48.7 Å². The van der Waals surface area contributed by atoms with Gasteiger partial charge in [-0.3, -0.25) is 9.82 Å². The first kappa shape index (κ1) is 22.5. The molecule has 0 unspecified atom stereocenters. The molecule has 0 aliphatic carbocycles. The van der Waals surface area contributed by atoms with Gasteiger partial charge in [-0.15, -0.1) is 0 Å². The van der Waals surface area contributed by atoms with Crippen LogP contribution < -0.4 is 16.1 Å². The van der Waals surface area contributed by atoms with Gasteiger partial charge in [0.05, 0.1) is 18.3 Å². The van der Waals surface area contributed by atoms with Gasteiger partial charge in [-0.25, -0.2) is 14.8 Å². The zero-order valence-electron chi connectivity index (χ0n) is 19.0. The fourth-order valence-electron chi connectivity index (χ4n) is 3.96. The fraction of sp³-hybridized carbons (Fsp3) is 0.333. The molecule has 0 bridgehead atoms. The van der Waals surface area contributed by atoms with E-state index in [1.165, 1.54) is 12.2 Å². The number of hydrogen-bond acceptors (Lipinski definition) is 6. The number of imidazole rings is 1. The molecule has 4 aromatic rings. The van der Waals surface area contributed by atoms with Crippen molar-refractivity contribution < 1.29 is 9.63 Å². The van der Waals surface area contributed by atoms with E-state index in [0.29, 0.717) is 23.6 Å². The van der Waals surface area contributed by atoms with Gasteiger partial charge < -0.3 is 15.6 Å². The van der Waals surface area contributed by atoms with Crippen molar-refractivity contribution >= 4 is 39.6 Å². The highest BCUT2D eigenvalue weighted by molar-refractivity contribution is 6.04. The average Bonchev–Trinajstić information content (AvgIpc) is 3.19. The lowest BCUT2D eigenvalue weighted by Gasteiger charge is -2.20. The van der Waals surface area contributed by atoms with E-state index in [9.17, 15) is 4.79 Å². The number of aryl methyl sites for hydroxylation is 2. The molecular weight excluding hydrogens is 418 g/mol. The molecule has 0 fully saturated rings. The number of urea groups is 1. The molecular formula is C24H29N7O2. The zero-order chi connectivity index (χ0) is 23.2.